The Hall–Kier alpha value is 0.170. The molecule has 0 heterocycles. The zero-order chi connectivity index (χ0) is 12.6. The van der Waals surface area contributed by atoms with E-state index >= 15 is 0 Å². The number of carbonyl (C=O) groups excluding carboxylic acids is 1. The molecule has 4 nitrogen and oxygen atoms in total. The van der Waals surface area contributed by atoms with Crippen LogP contribution in [0.25, 0.3) is 0 Å². The molecule has 0 radical (unpaired) electrons. The molecule has 0 saturated heterocycles. The molecule has 0 saturated carbocycles. The summed E-state index contributed by atoms with van der Waals surface area (Å²) in [4.78, 5) is 11.7. The molecule has 0 aromatic heterocycles. The van der Waals surface area contributed by atoms with Crippen LogP contribution in [-0.4, -0.2) is 29.7 Å². The molecule has 16 heavy (non-hydrogen) atoms. The van der Waals surface area contributed by atoms with Gasteiger partial charge in [0, 0.05) is 5.75 Å². The van der Waals surface area contributed by atoms with Crippen LogP contribution >= 0.6 is 19.4 Å². The van der Waals surface area contributed by atoms with Gasteiger partial charge in [0.25, 0.3) is 0 Å². The van der Waals surface area contributed by atoms with E-state index < -0.39 is 13.3 Å². The van der Waals surface area contributed by atoms with Gasteiger partial charge < -0.3 is 9.05 Å². The summed E-state index contributed by atoms with van der Waals surface area (Å²) < 4.78 is 22.5. The van der Waals surface area contributed by atoms with Crippen LogP contribution in [0.2, 0.25) is 0 Å². The SMILES string of the molecule is CCCSC(=O)C(C)P(=O)(OCC)OCC. The maximum Gasteiger partial charge on any atom is 0.341 e. The minimum Gasteiger partial charge on any atom is -0.308 e. The summed E-state index contributed by atoms with van der Waals surface area (Å²) >= 11 is 1.19. The van der Waals surface area contributed by atoms with Crippen molar-refractivity contribution in [3.8, 4) is 0 Å². The first kappa shape index (κ1) is 16.2. The molecule has 0 bridgehead atoms. The van der Waals surface area contributed by atoms with Gasteiger partial charge in [0.1, 0.15) is 5.66 Å². The molecule has 0 aromatic rings. The molecule has 0 aliphatic rings. The molecule has 0 spiro atoms. The molecule has 6 heteroatoms. The lowest BCUT2D eigenvalue weighted by atomic mass is 10.5. The summed E-state index contributed by atoms with van der Waals surface area (Å²) in [6.07, 6.45) is 0.913. The van der Waals surface area contributed by atoms with Gasteiger partial charge in [0.2, 0.25) is 5.12 Å². The molecule has 1 atom stereocenters. The number of hydrogen-bond donors (Lipinski definition) is 0. The summed E-state index contributed by atoms with van der Waals surface area (Å²) in [5.74, 6) is 0.738. The first-order chi connectivity index (χ1) is 7.51. The molecule has 0 aromatic carbocycles. The summed E-state index contributed by atoms with van der Waals surface area (Å²) in [7, 11) is -3.28. The Balaban J connectivity index is 4.53. The van der Waals surface area contributed by atoms with Crippen molar-refractivity contribution in [3.63, 3.8) is 0 Å². The molecule has 0 aliphatic carbocycles. The van der Waals surface area contributed by atoms with Gasteiger partial charge in [-0.25, -0.2) is 0 Å². The van der Waals surface area contributed by atoms with Gasteiger partial charge in [-0.15, -0.1) is 0 Å². The Bertz CT molecular complexity index is 247. The largest absolute Gasteiger partial charge is 0.341 e. The lowest BCUT2D eigenvalue weighted by Gasteiger charge is -2.21. The maximum absolute atomic E-state index is 12.2. The van der Waals surface area contributed by atoms with E-state index in [0.717, 1.165) is 12.2 Å². The van der Waals surface area contributed by atoms with E-state index in [0.29, 0.717) is 0 Å². The minimum absolute atomic E-state index is 0.118. The van der Waals surface area contributed by atoms with Crippen LogP contribution in [0.5, 0.6) is 0 Å². The van der Waals surface area contributed by atoms with Crippen LogP contribution < -0.4 is 0 Å². The normalized spacial score (nSPS) is 13.8. The van der Waals surface area contributed by atoms with Crippen molar-refractivity contribution in [2.75, 3.05) is 19.0 Å². The summed E-state index contributed by atoms with van der Waals surface area (Å²) in [5.41, 5.74) is -0.691. The van der Waals surface area contributed by atoms with Crippen LogP contribution in [0.1, 0.15) is 34.1 Å². The monoisotopic (exact) mass is 268 g/mol. The molecule has 0 amide bonds. The van der Waals surface area contributed by atoms with E-state index in [2.05, 4.69) is 0 Å². The Kier molecular flexibility index (Phi) is 8.38. The third kappa shape index (κ3) is 5.00. The third-order valence-corrected chi connectivity index (χ3v) is 5.73. The fourth-order valence-corrected chi connectivity index (χ4v) is 3.83. The lowest BCUT2D eigenvalue weighted by Crippen LogP contribution is -2.18. The van der Waals surface area contributed by atoms with Crippen molar-refractivity contribution in [3.05, 3.63) is 0 Å². The van der Waals surface area contributed by atoms with Gasteiger partial charge in [-0.3, -0.25) is 9.36 Å². The first-order valence-corrected chi connectivity index (χ1v) is 8.16. The van der Waals surface area contributed by atoms with Crippen molar-refractivity contribution >= 4 is 24.5 Å². The Labute approximate surface area is 102 Å². The van der Waals surface area contributed by atoms with Crippen molar-refractivity contribution in [2.24, 2.45) is 0 Å². The predicted octanol–water partition coefficient (Wildman–Crippen LogP) is 3.31. The standard InChI is InChI=1S/C10H21O4PS/c1-5-8-16-10(11)9(4)15(12,13-6-2)14-7-3/h9H,5-8H2,1-4H3. The molecule has 96 valence electrons. The van der Waals surface area contributed by atoms with Crippen molar-refractivity contribution < 1.29 is 18.4 Å². The second-order valence-corrected chi connectivity index (χ2v) is 6.69. The zero-order valence-electron chi connectivity index (χ0n) is 10.4. The second kappa shape index (κ2) is 8.29. The highest BCUT2D eigenvalue weighted by Gasteiger charge is 2.37. The Morgan fingerprint density at radius 2 is 1.75 bits per heavy atom. The van der Waals surface area contributed by atoms with Crippen molar-refractivity contribution in [1.82, 2.24) is 0 Å². The zero-order valence-corrected chi connectivity index (χ0v) is 12.1. The average molecular weight is 268 g/mol. The van der Waals surface area contributed by atoms with Crippen molar-refractivity contribution in [1.29, 1.82) is 0 Å². The Morgan fingerprint density at radius 1 is 1.25 bits per heavy atom. The van der Waals surface area contributed by atoms with Gasteiger partial charge in [0.05, 0.1) is 13.2 Å². The summed E-state index contributed by atoms with van der Waals surface area (Å²) in [5, 5.41) is -0.118. The van der Waals surface area contributed by atoms with Gasteiger partial charge in [-0.2, -0.15) is 0 Å². The fraction of sp³-hybridized carbons (Fsp3) is 0.900. The highest BCUT2D eigenvalue weighted by molar-refractivity contribution is 8.14. The van der Waals surface area contributed by atoms with Crippen LogP contribution in [0.15, 0.2) is 0 Å². The van der Waals surface area contributed by atoms with E-state index in [9.17, 15) is 9.36 Å². The molecule has 0 fully saturated rings. The van der Waals surface area contributed by atoms with Gasteiger partial charge in [0.15, 0.2) is 0 Å². The van der Waals surface area contributed by atoms with E-state index in [1.165, 1.54) is 11.8 Å². The quantitative estimate of drug-likeness (QED) is 0.632. The second-order valence-electron chi connectivity index (χ2n) is 3.22. The topological polar surface area (TPSA) is 52.6 Å². The molecule has 0 rings (SSSR count). The van der Waals surface area contributed by atoms with Crippen LogP contribution in [0.3, 0.4) is 0 Å². The van der Waals surface area contributed by atoms with Gasteiger partial charge >= 0.3 is 7.60 Å². The smallest absolute Gasteiger partial charge is 0.308 e. The van der Waals surface area contributed by atoms with Crippen LogP contribution in [0.4, 0.5) is 0 Å². The highest BCUT2D eigenvalue weighted by Crippen LogP contribution is 2.54. The fourth-order valence-electron chi connectivity index (χ4n) is 1.07. The average Bonchev–Trinajstić information content (AvgIpc) is 2.25. The summed E-state index contributed by atoms with van der Waals surface area (Å²) in [6, 6.07) is 0. The molecular formula is C10H21O4PS. The lowest BCUT2D eigenvalue weighted by molar-refractivity contribution is -0.110. The first-order valence-electron chi connectivity index (χ1n) is 5.57. The number of carbonyl (C=O) groups is 1. The highest BCUT2D eigenvalue weighted by atomic mass is 32.2. The number of hydrogen-bond acceptors (Lipinski definition) is 5. The minimum atomic E-state index is -3.28. The van der Waals surface area contributed by atoms with E-state index in [4.69, 9.17) is 9.05 Å². The van der Waals surface area contributed by atoms with E-state index in [1.807, 2.05) is 6.92 Å². The summed E-state index contributed by atoms with van der Waals surface area (Å²) in [6.45, 7) is 7.65. The van der Waals surface area contributed by atoms with Gasteiger partial charge in [-0.1, -0.05) is 18.7 Å². The third-order valence-electron chi connectivity index (χ3n) is 1.88. The number of rotatable bonds is 8. The molecular weight excluding hydrogens is 247 g/mol. The Morgan fingerprint density at radius 3 is 2.12 bits per heavy atom. The molecule has 0 N–H and O–H groups in total. The number of thioether (sulfide) groups is 1. The van der Waals surface area contributed by atoms with Crippen molar-refractivity contribution in [2.45, 2.75) is 39.8 Å². The van der Waals surface area contributed by atoms with E-state index in [-0.39, 0.29) is 18.3 Å². The molecule has 0 aliphatic heterocycles. The van der Waals surface area contributed by atoms with Gasteiger partial charge in [-0.05, 0) is 27.2 Å². The molecule has 1 unspecified atom stereocenters. The maximum atomic E-state index is 12.2. The van der Waals surface area contributed by atoms with Crippen LogP contribution in [0, 0.1) is 0 Å². The van der Waals surface area contributed by atoms with Crippen LogP contribution in [-0.2, 0) is 18.4 Å². The van der Waals surface area contributed by atoms with E-state index in [1.54, 1.807) is 20.8 Å². The predicted molar refractivity (Wildman–Crippen MR) is 68.1 cm³/mol.